The van der Waals surface area contributed by atoms with Crippen molar-refractivity contribution < 1.29 is 4.42 Å². The molecule has 64 heavy (non-hydrogen) atoms. The van der Waals surface area contributed by atoms with Crippen LogP contribution in [0.25, 0.3) is 77.2 Å². The van der Waals surface area contributed by atoms with Crippen LogP contribution in [0.4, 0.5) is 17.1 Å². The van der Waals surface area contributed by atoms with Gasteiger partial charge >= 0.3 is 0 Å². The first-order chi connectivity index (χ1) is 31.5. The molecule has 0 saturated heterocycles. The third-order valence-electron chi connectivity index (χ3n) is 14.9. The molecule has 300 valence electrons. The number of hydrogen-bond donors (Lipinski definition) is 0. The molecule has 11 aromatic rings. The van der Waals surface area contributed by atoms with Gasteiger partial charge in [0.15, 0.2) is 5.58 Å². The summed E-state index contributed by atoms with van der Waals surface area (Å²) < 4.78 is 7.36. The Balaban J connectivity index is 1.11. The number of anilines is 3. The summed E-state index contributed by atoms with van der Waals surface area (Å²) >= 11 is 0. The van der Waals surface area contributed by atoms with Gasteiger partial charge in [0.1, 0.15) is 5.58 Å². The first kappa shape index (κ1) is 35.6. The molecular formula is C62H41NO. The highest BCUT2D eigenvalue weighted by Crippen LogP contribution is 2.64. The van der Waals surface area contributed by atoms with E-state index in [0.717, 1.165) is 60.9 Å². The maximum atomic E-state index is 7.36. The van der Waals surface area contributed by atoms with E-state index in [1.807, 2.05) is 0 Å². The van der Waals surface area contributed by atoms with Crippen molar-refractivity contribution in [2.75, 3.05) is 4.90 Å². The second-order valence-corrected chi connectivity index (χ2v) is 18.3. The van der Waals surface area contributed by atoms with Gasteiger partial charge in [0, 0.05) is 38.5 Å². The Kier molecular flexibility index (Phi) is 7.13. The van der Waals surface area contributed by atoms with Crippen molar-refractivity contribution >= 4 is 49.8 Å². The van der Waals surface area contributed by atoms with Crippen molar-refractivity contribution in [3.8, 4) is 44.5 Å². The lowest BCUT2D eigenvalue weighted by atomic mass is 9.70. The van der Waals surface area contributed by atoms with Gasteiger partial charge in [-0.25, -0.2) is 0 Å². The van der Waals surface area contributed by atoms with Gasteiger partial charge in [-0.15, -0.1) is 0 Å². The van der Waals surface area contributed by atoms with Crippen LogP contribution in [-0.2, 0) is 10.8 Å². The molecule has 0 unspecified atom stereocenters. The van der Waals surface area contributed by atoms with Gasteiger partial charge in [0.25, 0.3) is 0 Å². The first-order valence-electron chi connectivity index (χ1n) is 22.4. The molecule has 2 heteroatoms. The number of furan rings is 1. The molecule has 1 aromatic heterocycles. The van der Waals surface area contributed by atoms with Crippen molar-refractivity contribution in [1.29, 1.82) is 0 Å². The normalized spacial score (nSPS) is 14.3. The van der Waals surface area contributed by atoms with Crippen molar-refractivity contribution in [3.05, 3.63) is 246 Å². The highest BCUT2D eigenvalue weighted by molar-refractivity contribution is 6.19. The van der Waals surface area contributed by atoms with E-state index in [9.17, 15) is 0 Å². The van der Waals surface area contributed by atoms with Crippen molar-refractivity contribution in [1.82, 2.24) is 0 Å². The van der Waals surface area contributed by atoms with Crippen molar-refractivity contribution in [2.24, 2.45) is 0 Å². The van der Waals surface area contributed by atoms with E-state index in [4.69, 9.17) is 4.42 Å². The van der Waals surface area contributed by atoms with E-state index in [0.29, 0.717) is 0 Å². The van der Waals surface area contributed by atoms with Gasteiger partial charge < -0.3 is 9.32 Å². The topological polar surface area (TPSA) is 16.4 Å². The quantitative estimate of drug-likeness (QED) is 0.176. The molecule has 0 aliphatic heterocycles. The van der Waals surface area contributed by atoms with E-state index in [1.54, 1.807) is 0 Å². The molecule has 14 rings (SSSR count). The molecule has 0 atom stereocenters. The lowest BCUT2D eigenvalue weighted by Crippen LogP contribution is -2.26. The summed E-state index contributed by atoms with van der Waals surface area (Å²) in [6, 6.07) is 79.0. The van der Waals surface area contributed by atoms with E-state index in [-0.39, 0.29) is 5.41 Å². The smallest absolute Gasteiger partial charge is 0.160 e. The van der Waals surface area contributed by atoms with Gasteiger partial charge in [0.05, 0.1) is 11.1 Å². The van der Waals surface area contributed by atoms with Crippen LogP contribution in [-0.4, -0.2) is 0 Å². The molecule has 0 radical (unpaired) electrons. The van der Waals surface area contributed by atoms with Gasteiger partial charge in [-0.1, -0.05) is 190 Å². The molecule has 0 N–H and O–H groups in total. The van der Waals surface area contributed by atoms with E-state index in [2.05, 4.69) is 231 Å². The predicted octanol–water partition coefficient (Wildman–Crippen LogP) is 16.5. The Hall–Kier alpha value is -7.94. The number of rotatable bonds is 4. The van der Waals surface area contributed by atoms with Gasteiger partial charge in [-0.05, 0) is 114 Å². The third-order valence-corrected chi connectivity index (χ3v) is 14.9. The lowest BCUT2D eigenvalue weighted by Gasteiger charge is -2.33. The van der Waals surface area contributed by atoms with Crippen molar-refractivity contribution in [3.63, 3.8) is 0 Å². The monoisotopic (exact) mass is 815 g/mol. The Morgan fingerprint density at radius 3 is 1.47 bits per heavy atom. The van der Waals surface area contributed by atoms with E-state index < -0.39 is 5.41 Å². The van der Waals surface area contributed by atoms with Crippen LogP contribution in [0, 0.1) is 0 Å². The fraction of sp³-hybridized carbons (Fsp3) is 0.0645. The molecular weight excluding hydrogens is 775 g/mol. The van der Waals surface area contributed by atoms with Crippen LogP contribution < -0.4 is 4.90 Å². The maximum Gasteiger partial charge on any atom is 0.160 e. The molecule has 1 spiro atoms. The second kappa shape index (κ2) is 12.8. The fourth-order valence-electron chi connectivity index (χ4n) is 12.1. The zero-order chi connectivity index (χ0) is 42.3. The van der Waals surface area contributed by atoms with Crippen LogP contribution in [0.2, 0.25) is 0 Å². The highest BCUT2D eigenvalue weighted by Gasteiger charge is 2.51. The molecule has 10 aromatic carbocycles. The molecule has 0 amide bonds. The van der Waals surface area contributed by atoms with E-state index in [1.165, 1.54) is 66.8 Å². The summed E-state index contributed by atoms with van der Waals surface area (Å²) in [5.41, 5.74) is 22.3. The lowest BCUT2D eigenvalue weighted by molar-refractivity contribution is 0.660. The largest absolute Gasteiger partial charge is 0.453 e. The number of fused-ring (bicyclic) bond motifs is 18. The predicted molar refractivity (Wildman–Crippen MR) is 265 cm³/mol. The molecule has 3 aliphatic carbocycles. The Morgan fingerprint density at radius 2 is 0.812 bits per heavy atom. The minimum atomic E-state index is -0.491. The van der Waals surface area contributed by atoms with Crippen LogP contribution in [0.1, 0.15) is 47.2 Å². The maximum absolute atomic E-state index is 7.36. The summed E-state index contributed by atoms with van der Waals surface area (Å²) in [7, 11) is 0. The standard InChI is InChI=1S/C62H41NO/c1-61(2)52-24-12-8-20-44(52)48-32-29-40(36-56(48)61)63(58-42(38-16-4-3-5-17-38)34-35-51-50-31-28-39-18-6-7-19-43(39)59(50)64-60(51)58)41-30-33-49-47-23-11-15-27-55(47)62(57(49)37-41)53-25-13-9-21-45(53)46-22-10-14-26-54(46)62/h3-37H,1-2H3. The van der Waals surface area contributed by atoms with Gasteiger partial charge in [-0.3, -0.25) is 0 Å². The Morgan fingerprint density at radius 1 is 0.344 bits per heavy atom. The van der Waals surface area contributed by atoms with Gasteiger partial charge in [0.2, 0.25) is 0 Å². The summed E-state index contributed by atoms with van der Waals surface area (Å²) in [5.74, 6) is 0. The SMILES string of the molecule is CC1(C)c2ccccc2-c2ccc(N(c3ccc4c(c3)C3(c5ccccc5-c5ccccc53)c3ccccc3-4)c3c(-c4ccccc4)ccc4c3oc3c5ccccc5ccc43)cc21. The highest BCUT2D eigenvalue weighted by atomic mass is 16.3. The zero-order valence-electron chi connectivity index (χ0n) is 35.6. The Labute approximate surface area is 372 Å². The van der Waals surface area contributed by atoms with Crippen LogP contribution in [0.3, 0.4) is 0 Å². The molecule has 2 nitrogen and oxygen atoms in total. The fourth-order valence-corrected chi connectivity index (χ4v) is 12.1. The summed E-state index contributed by atoms with van der Waals surface area (Å²) in [4.78, 5) is 2.51. The average molecular weight is 816 g/mol. The van der Waals surface area contributed by atoms with Crippen LogP contribution >= 0.6 is 0 Å². The van der Waals surface area contributed by atoms with Crippen LogP contribution in [0.5, 0.6) is 0 Å². The number of hydrogen-bond acceptors (Lipinski definition) is 2. The molecule has 0 fully saturated rings. The average Bonchev–Trinajstić information content (AvgIpc) is 4.04. The first-order valence-corrected chi connectivity index (χ1v) is 22.4. The zero-order valence-corrected chi connectivity index (χ0v) is 35.6. The summed E-state index contributed by atoms with van der Waals surface area (Å²) in [5, 5.41) is 4.49. The Bertz CT molecular complexity index is 3710. The summed E-state index contributed by atoms with van der Waals surface area (Å²) in [6.45, 7) is 4.75. The van der Waals surface area contributed by atoms with Crippen molar-refractivity contribution in [2.45, 2.75) is 24.7 Å². The number of nitrogens with zero attached hydrogens (tertiary/aromatic N) is 1. The summed E-state index contributed by atoms with van der Waals surface area (Å²) in [6.07, 6.45) is 0. The number of benzene rings is 10. The molecule has 1 heterocycles. The molecule has 3 aliphatic rings. The second-order valence-electron chi connectivity index (χ2n) is 18.3. The van der Waals surface area contributed by atoms with Gasteiger partial charge in [-0.2, -0.15) is 0 Å². The minimum Gasteiger partial charge on any atom is -0.453 e. The van der Waals surface area contributed by atoms with E-state index >= 15 is 0 Å². The molecule has 0 bridgehead atoms. The van der Waals surface area contributed by atoms with Crippen LogP contribution in [0.15, 0.2) is 217 Å². The molecule has 0 saturated carbocycles. The minimum absolute atomic E-state index is 0.193. The third kappa shape index (κ3) is 4.54.